The lowest BCUT2D eigenvalue weighted by molar-refractivity contribution is -0.161. The third kappa shape index (κ3) is 49.0. The van der Waals surface area contributed by atoms with Gasteiger partial charge in [0.15, 0.2) is 6.10 Å². The molecule has 0 spiro atoms. The molecule has 0 amide bonds. The molecule has 0 aromatic carbocycles. The number of allylic oxidation sites excluding steroid dienone is 4. The van der Waals surface area contributed by atoms with Crippen LogP contribution in [0.1, 0.15) is 296 Å². The average molecular weight is 845 g/mol. The molecule has 0 saturated heterocycles. The van der Waals surface area contributed by atoms with Gasteiger partial charge in [-0.25, -0.2) is 0 Å². The first-order valence-electron chi connectivity index (χ1n) is 26.9. The first kappa shape index (κ1) is 58.4. The van der Waals surface area contributed by atoms with Crippen LogP contribution in [0.25, 0.3) is 0 Å². The summed E-state index contributed by atoms with van der Waals surface area (Å²) in [4.78, 5) is 24.4. The van der Waals surface area contributed by atoms with Gasteiger partial charge in [-0.05, 0) is 64.2 Å². The normalized spacial score (nSPS) is 12.2. The highest BCUT2D eigenvalue weighted by molar-refractivity contribution is 5.70. The predicted octanol–water partition coefficient (Wildman–Crippen LogP) is 17.8. The Hall–Kier alpha value is -1.62. The SMILES string of the molecule is CCCCCCCC/C=C\CCCCCCCC(=O)OCC(CO)OC(=O)CCCCCCCCCCCCCCCCCCCCC/C=C\CCCCCCCCCC. The molecular formula is C55H104O5. The molecular weight excluding hydrogens is 741 g/mol. The minimum Gasteiger partial charge on any atom is -0.462 e. The van der Waals surface area contributed by atoms with E-state index in [1.165, 1.54) is 225 Å². The van der Waals surface area contributed by atoms with Crippen LogP contribution in [0, 0.1) is 0 Å². The second-order valence-corrected chi connectivity index (χ2v) is 18.3. The summed E-state index contributed by atoms with van der Waals surface area (Å²) in [6, 6.07) is 0. The molecule has 0 aromatic rings. The van der Waals surface area contributed by atoms with Crippen molar-refractivity contribution in [3.63, 3.8) is 0 Å². The van der Waals surface area contributed by atoms with Crippen LogP contribution in [0.3, 0.4) is 0 Å². The van der Waals surface area contributed by atoms with Crippen LogP contribution < -0.4 is 0 Å². The number of unbranched alkanes of at least 4 members (excludes halogenated alkanes) is 38. The van der Waals surface area contributed by atoms with Crippen molar-refractivity contribution in [1.82, 2.24) is 0 Å². The molecule has 0 aromatic heterocycles. The average Bonchev–Trinajstić information content (AvgIpc) is 3.25. The minimum atomic E-state index is -0.771. The first-order chi connectivity index (χ1) is 29.6. The molecule has 1 unspecified atom stereocenters. The molecule has 1 atom stereocenters. The molecule has 1 N–H and O–H groups in total. The van der Waals surface area contributed by atoms with Crippen molar-refractivity contribution in [2.45, 2.75) is 302 Å². The molecule has 354 valence electrons. The summed E-state index contributed by atoms with van der Waals surface area (Å²) in [5, 5.41) is 9.62. The highest BCUT2D eigenvalue weighted by atomic mass is 16.6. The number of carbonyl (C=O) groups is 2. The smallest absolute Gasteiger partial charge is 0.306 e. The number of hydrogen-bond donors (Lipinski definition) is 1. The zero-order chi connectivity index (χ0) is 43.5. The maximum absolute atomic E-state index is 12.3. The van der Waals surface area contributed by atoms with Gasteiger partial charge in [0.05, 0.1) is 6.61 Å². The van der Waals surface area contributed by atoms with E-state index < -0.39 is 6.10 Å². The van der Waals surface area contributed by atoms with Gasteiger partial charge in [-0.3, -0.25) is 9.59 Å². The molecule has 0 saturated carbocycles. The van der Waals surface area contributed by atoms with Crippen LogP contribution in [0.4, 0.5) is 0 Å². The second kappa shape index (κ2) is 51.7. The fourth-order valence-electron chi connectivity index (χ4n) is 8.14. The molecule has 0 aliphatic rings. The van der Waals surface area contributed by atoms with Crippen molar-refractivity contribution >= 4 is 11.9 Å². The van der Waals surface area contributed by atoms with Crippen LogP contribution in [0.5, 0.6) is 0 Å². The van der Waals surface area contributed by atoms with E-state index in [2.05, 4.69) is 38.2 Å². The maximum atomic E-state index is 12.3. The standard InChI is InChI=1S/C55H104O5/c1-3-5-7-9-11-13-15-17-19-20-21-22-23-24-25-26-27-28-29-30-31-32-33-34-36-38-40-42-44-46-48-50-55(58)60-53(51-56)52-59-54(57)49-47-45-43-41-39-37-35-18-16-14-12-10-8-6-4-2/h18,20-21,35,53,56H,3-17,19,22-34,36-52H2,1-2H3/b21-20-,35-18-. The Bertz CT molecular complexity index is 913. The van der Waals surface area contributed by atoms with Crippen molar-refractivity contribution in [3.05, 3.63) is 24.3 Å². The summed E-state index contributed by atoms with van der Waals surface area (Å²) in [5.41, 5.74) is 0. The Morgan fingerprint density at radius 1 is 0.367 bits per heavy atom. The Labute approximate surface area is 374 Å². The zero-order valence-electron chi connectivity index (χ0n) is 40.5. The van der Waals surface area contributed by atoms with Crippen LogP contribution in [-0.2, 0) is 19.1 Å². The number of hydrogen-bond acceptors (Lipinski definition) is 5. The summed E-state index contributed by atoms with van der Waals surface area (Å²) < 4.78 is 10.7. The molecule has 0 aliphatic heterocycles. The molecule has 0 fully saturated rings. The number of ether oxygens (including phenoxy) is 2. The number of aliphatic hydroxyl groups is 1. The van der Waals surface area contributed by atoms with E-state index in [1.54, 1.807) is 0 Å². The zero-order valence-corrected chi connectivity index (χ0v) is 40.5. The third-order valence-electron chi connectivity index (χ3n) is 12.2. The summed E-state index contributed by atoms with van der Waals surface area (Å²) in [7, 11) is 0. The van der Waals surface area contributed by atoms with Gasteiger partial charge >= 0.3 is 11.9 Å². The first-order valence-corrected chi connectivity index (χ1v) is 26.9. The Morgan fingerprint density at radius 3 is 0.900 bits per heavy atom. The highest BCUT2D eigenvalue weighted by Gasteiger charge is 2.16. The van der Waals surface area contributed by atoms with Gasteiger partial charge in [0.25, 0.3) is 0 Å². The van der Waals surface area contributed by atoms with Crippen LogP contribution >= 0.6 is 0 Å². The van der Waals surface area contributed by atoms with E-state index in [1.807, 2.05) is 0 Å². The number of esters is 2. The predicted molar refractivity (Wildman–Crippen MR) is 261 cm³/mol. The minimum absolute atomic E-state index is 0.0651. The molecule has 0 rings (SSSR count). The summed E-state index contributed by atoms with van der Waals surface area (Å²) >= 11 is 0. The molecule has 0 radical (unpaired) electrons. The molecule has 0 heterocycles. The van der Waals surface area contributed by atoms with Crippen molar-refractivity contribution in [1.29, 1.82) is 0 Å². The monoisotopic (exact) mass is 845 g/mol. The third-order valence-corrected chi connectivity index (χ3v) is 12.2. The molecule has 0 aliphatic carbocycles. The second-order valence-electron chi connectivity index (χ2n) is 18.3. The van der Waals surface area contributed by atoms with Crippen molar-refractivity contribution in [3.8, 4) is 0 Å². The van der Waals surface area contributed by atoms with Crippen molar-refractivity contribution < 1.29 is 24.2 Å². The Balaban J connectivity index is 3.41. The number of carbonyl (C=O) groups excluding carboxylic acids is 2. The van der Waals surface area contributed by atoms with Gasteiger partial charge in [0.1, 0.15) is 6.61 Å². The van der Waals surface area contributed by atoms with Crippen molar-refractivity contribution in [2.75, 3.05) is 13.2 Å². The fourth-order valence-corrected chi connectivity index (χ4v) is 8.14. The molecule has 5 heteroatoms. The topological polar surface area (TPSA) is 72.8 Å². The van der Waals surface area contributed by atoms with Gasteiger partial charge in [0.2, 0.25) is 0 Å². The summed E-state index contributed by atoms with van der Waals surface area (Å²) in [6.45, 7) is 4.16. The van der Waals surface area contributed by atoms with Crippen LogP contribution in [0.2, 0.25) is 0 Å². The summed E-state index contributed by atoms with van der Waals surface area (Å²) in [6.07, 6.45) is 64.4. The quantitative estimate of drug-likeness (QED) is 0.0375. The van der Waals surface area contributed by atoms with E-state index in [-0.39, 0.29) is 25.2 Å². The van der Waals surface area contributed by atoms with E-state index in [0.29, 0.717) is 12.8 Å². The van der Waals surface area contributed by atoms with Crippen molar-refractivity contribution in [2.24, 2.45) is 0 Å². The fraction of sp³-hybridized carbons (Fsp3) is 0.891. The Morgan fingerprint density at radius 2 is 0.617 bits per heavy atom. The summed E-state index contributed by atoms with van der Waals surface area (Å²) in [5.74, 6) is -0.585. The van der Waals surface area contributed by atoms with E-state index in [9.17, 15) is 14.7 Å². The maximum Gasteiger partial charge on any atom is 0.306 e. The van der Waals surface area contributed by atoms with Gasteiger partial charge in [0, 0.05) is 12.8 Å². The lowest BCUT2D eigenvalue weighted by Crippen LogP contribution is -2.28. The molecule has 0 bridgehead atoms. The van der Waals surface area contributed by atoms with Gasteiger partial charge in [-0.2, -0.15) is 0 Å². The Kier molecular flexibility index (Phi) is 50.3. The largest absolute Gasteiger partial charge is 0.462 e. The van der Waals surface area contributed by atoms with Crippen LogP contribution in [-0.4, -0.2) is 36.4 Å². The number of rotatable bonds is 50. The van der Waals surface area contributed by atoms with Gasteiger partial charge < -0.3 is 14.6 Å². The molecule has 60 heavy (non-hydrogen) atoms. The van der Waals surface area contributed by atoms with Gasteiger partial charge in [-0.15, -0.1) is 0 Å². The highest BCUT2D eigenvalue weighted by Crippen LogP contribution is 2.17. The van der Waals surface area contributed by atoms with E-state index in [0.717, 1.165) is 44.9 Å². The molecule has 5 nitrogen and oxygen atoms in total. The lowest BCUT2D eigenvalue weighted by atomic mass is 10.0. The van der Waals surface area contributed by atoms with E-state index >= 15 is 0 Å². The van der Waals surface area contributed by atoms with E-state index in [4.69, 9.17) is 9.47 Å². The number of aliphatic hydroxyl groups excluding tert-OH is 1. The lowest BCUT2D eigenvalue weighted by Gasteiger charge is -2.15. The van der Waals surface area contributed by atoms with Crippen LogP contribution in [0.15, 0.2) is 24.3 Å². The van der Waals surface area contributed by atoms with Gasteiger partial charge in [-0.1, -0.05) is 244 Å².